The minimum atomic E-state index is -0.292. The van der Waals surface area contributed by atoms with Crippen molar-refractivity contribution in [1.29, 1.82) is 0 Å². The zero-order valence-corrected chi connectivity index (χ0v) is 19.7. The summed E-state index contributed by atoms with van der Waals surface area (Å²) in [7, 11) is 0. The summed E-state index contributed by atoms with van der Waals surface area (Å²) in [4.78, 5) is 12.4. The number of halogens is 1. The van der Waals surface area contributed by atoms with E-state index >= 15 is 0 Å². The molecule has 2 N–H and O–H groups in total. The maximum absolute atomic E-state index is 13.2. The first kappa shape index (κ1) is 22.9. The van der Waals surface area contributed by atoms with Crippen LogP contribution in [0.25, 0.3) is 5.69 Å². The molecule has 11 heteroatoms. The third kappa shape index (κ3) is 5.93. The van der Waals surface area contributed by atoms with Crippen molar-refractivity contribution in [3.05, 3.63) is 70.7 Å². The van der Waals surface area contributed by atoms with Crippen LogP contribution in [0.3, 0.4) is 0 Å². The largest absolute Gasteiger partial charge is 0.378 e. The third-order valence-corrected chi connectivity index (χ3v) is 6.52. The number of carbonyl (C=O) groups excluding carboxylic acids is 1. The molecule has 2 aromatic heterocycles. The number of rotatable bonds is 9. The van der Waals surface area contributed by atoms with Gasteiger partial charge in [0.25, 0.3) is 0 Å². The fraction of sp³-hybridized carbons (Fsp3) is 0.227. The molecule has 8 nitrogen and oxygen atoms in total. The lowest BCUT2D eigenvalue weighted by atomic mass is 10.2. The van der Waals surface area contributed by atoms with Crippen molar-refractivity contribution in [1.82, 2.24) is 25.0 Å². The molecule has 33 heavy (non-hydrogen) atoms. The number of hydrogen-bond acceptors (Lipinski definition) is 8. The molecular weight excluding hydrogens is 461 g/mol. The molecule has 4 aromatic rings. The van der Waals surface area contributed by atoms with Gasteiger partial charge in [-0.05, 0) is 55.3 Å². The van der Waals surface area contributed by atoms with Gasteiger partial charge in [-0.25, -0.2) is 4.39 Å². The highest BCUT2D eigenvalue weighted by Gasteiger charge is 2.17. The standard InChI is InChI=1S/C22H22FN7OS2/c1-3-20-27-28-21(33-20)25-19(31)13-32-22-29-26-18(12-24-16-9-7-15(23)8-10-16)30(22)17-6-4-5-14(2)11-17/h4-11,24H,3,12-13H2,1-2H3,(H,25,28,31). The lowest BCUT2D eigenvalue weighted by Crippen LogP contribution is -2.14. The van der Waals surface area contributed by atoms with Crippen molar-refractivity contribution < 1.29 is 9.18 Å². The molecule has 0 unspecified atom stereocenters. The molecule has 0 aliphatic rings. The smallest absolute Gasteiger partial charge is 0.236 e. The monoisotopic (exact) mass is 483 g/mol. The van der Waals surface area contributed by atoms with Crippen LogP contribution in [0.4, 0.5) is 15.2 Å². The Hall–Kier alpha value is -3.31. The van der Waals surface area contributed by atoms with Crippen molar-refractivity contribution in [2.45, 2.75) is 32.0 Å². The number of aryl methyl sites for hydroxylation is 2. The van der Waals surface area contributed by atoms with E-state index in [2.05, 4.69) is 31.0 Å². The summed E-state index contributed by atoms with van der Waals surface area (Å²) in [5.74, 6) is 0.337. The summed E-state index contributed by atoms with van der Waals surface area (Å²) in [6.07, 6.45) is 0.774. The molecule has 0 spiro atoms. The summed E-state index contributed by atoms with van der Waals surface area (Å²) in [5, 5.41) is 24.6. The number of anilines is 2. The number of hydrogen-bond donors (Lipinski definition) is 2. The maximum Gasteiger partial charge on any atom is 0.236 e. The van der Waals surface area contributed by atoms with E-state index in [0.717, 1.165) is 28.4 Å². The van der Waals surface area contributed by atoms with Crippen LogP contribution in [0.2, 0.25) is 0 Å². The van der Waals surface area contributed by atoms with Gasteiger partial charge in [-0.1, -0.05) is 42.2 Å². The number of thioether (sulfide) groups is 1. The predicted molar refractivity (Wildman–Crippen MR) is 128 cm³/mol. The van der Waals surface area contributed by atoms with E-state index in [0.29, 0.717) is 22.7 Å². The Balaban J connectivity index is 1.50. The first-order chi connectivity index (χ1) is 16.0. The van der Waals surface area contributed by atoms with E-state index in [1.54, 1.807) is 12.1 Å². The molecule has 0 saturated heterocycles. The molecule has 0 saturated carbocycles. The van der Waals surface area contributed by atoms with Crippen LogP contribution < -0.4 is 10.6 Å². The Labute approximate surface area is 198 Å². The maximum atomic E-state index is 13.2. The molecule has 0 bridgehead atoms. The molecule has 2 aromatic carbocycles. The van der Waals surface area contributed by atoms with Gasteiger partial charge in [0.15, 0.2) is 11.0 Å². The van der Waals surface area contributed by atoms with Gasteiger partial charge >= 0.3 is 0 Å². The van der Waals surface area contributed by atoms with Gasteiger partial charge in [0.1, 0.15) is 10.8 Å². The Morgan fingerprint density at radius 3 is 2.67 bits per heavy atom. The number of benzene rings is 2. The molecule has 0 atom stereocenters. The SMILES string of the molecule is CCc1nnc(NC(=O)CSc2nnc(CNc3ccc(F)cc3)n2-c2cccc(C)c2)s1. The van der Waals surface area contributed by atoms with Gasteiger partial charge in [0.05, 0.1) is 12.3 Å². The van der Waals surface area contributed by atoms with E-state index in [-0.39, 0.29) is 17.5 Å². The first-order valence-electron chi connectivity index (χ1n) is 10.3. The highest BCUT2D eigenvalue weighted by Crippen LogP contribution is 2.24. The van der Waals surface area contributed by atoms with E-state index < -0.39 is 0 Å². The number of nitrogens with one attached hydrogen (secondary N) is 2. The van der Waals surface area contributed by atoms with Crippen molar-refractivity contribution >= 4 is 39.8 Å². The zero-order chi connectivity index (χ0) is 23.2. The van der Waals surface area contributed by atoms with Crippen molar-refractivity contribution in [3.63, 3.8) is 0 Å². The molecule has 0 fully saturated rings. The highest BCUT2D eigenvalue weighted by molar-refractivity contribution is 7.99. The summed E-state index contributed by atoms with van der Waals surface area (Å²) in [5.41, 5.74) is 2.76. The minimum absolute atomic E-state index is 0.149. The topological polar surface area (TPSA) is 97.6 Å². The van der Waals surface area contributed by atoms with Gasteiger partial charge in [0, 0.05) is 11.4 Å². The molecule has 1 amide bonds. The average Bonchev–Trinajstić information content (AvgIpc) is 3.44. The zero-order valence-electron chi connectivity index (χ0n) is 18.1. The van der Waals surface area contributed by atoms with Crippen LogP contribution in [0.5, 0.6) is 0 Å². The summed E-state index contributed by atoms with van der Waals surface area (Å²) in [6, 6.07) is 14.1. The number of aromatic nitrogens is 5. The lowest BCUT2D eigenvalue weighted by molar-refractivity contribution is -0.113. The second-order valence-electron chi connectivity index (χ2n) is 7.13. The Bertz CT molecular complexity index is 1240. The normalized spacial score (nSPS) is 10.9. The van der Waals surface area contributed by atoms with Crippen LogP contribution in [0.15, 0.2) is 53.7 Å². The molecule has 0 aliphatic heterocycles. The summed E-state index contributed by atoms with van der Waals surface area (Å²) in [6.45, 7) is 4.38. The van der Waals surface area contributed by atoms with Crippen LogP contribution in [0, 0.1) is 12.7 Å². The summed E-state index contributed by atoms with van der Waals surface area (Å²) >= 11 is 2.65. The van der Waals surface area contributed by atoms with Gasteiger partial charge in [-0.15, -0.1) is 20.4 Å². The second kappa shape index (κ2) is 10.5. The number of nitrogens with zero attached hydrogens (tertiary/aromatic N) is 5. The Kier molecular flexibility index (Phi) is 7.30. The Morgan fingerprint density at radius 2 is 1.94 bits per heavy atom. The predicted octanol–water partition coefficient (Wildman–Crippen LogP) is 4.47. The van der Waals surface area contributed by atoms with E-state index in [4.69, 9.17) is 0 Å². The van der Waals surface area contributed by atoms with Crippen molar-refractivity contribution in [2.75, 3.05) is 16.4 Å². The Morgan fingerprint density at radius 1 is 1.12 bits per heavy atom. The van der Waals surface area contributed by atoms with E-state index in [9.17, 15) is 9.18 Å². The quantitative estimate of drug-likeness (QED) is 0.339. The van der Waals surface area contributed by atoms with Crippen LogP contribution in [-0.2, 0) is 17.8 Å². The van der Waals surface area contributed by atoms with E-state index in [1.165, 1.54) is 35.2 Å². The summed E-state index contributed by atoms with van der Waals surface area (Å²) < 4.78 is 15.1. The average molecular weight is 484 g/mol. The molecule has 170 valence electrons. The second-order valence-corrected chi connectivity index (χ2v) is 9.13. The minimum Gasteiger partial charge on any atom is -0.378 e. The first-order valence-corrected chi connectivity index (χ1v) is 12.1. The van der Waals surface area contributed by atoms with Gasteiger partial charge < -0.3 is 5.32 Å². The molecule has 0 aliphatic carbocycles. The number of amides is 1. The molecule has 4 rings (SSSR count). The van der Waals surface area contributed by atoms with Crippen LogP contribution in [0.1, 0.15) is 23.3 Å². The van der Waals surface area contributed by atoms with Crippen LogP contribution >= 0.6 is 23.1 Å². The molecule has 2 heterocycles. The fourth-order valence-corrected chi connectivity index (χ4v) is 4.48. The van der Waals surface area contributed by atoms with Crippen LogP contribution in [-0.4, -0.2) is 36.6 Å². The van der Waals surface area contributed by atoms with Gasteiger partial charge in [-0.2, -0.15) is 0 Å². The lowest BCUT2D eigenvalue weighted by Gasteiger charge is -2.12. The number of carbonyl (C=O) groups is 1. The van der Waals surface area contributed by atoms with Gasteiger partial charge in [0.2, 0.25) is 11.0 Å². The van der Waals surface area contributed by atoms with E-state index in [1.807, 2.05) is 42.7 Å². The molecule has 0 radical (unpaired) electrons. The fourth-order valence-electron chi connectivity index (χ4n) is 3.02. The van der Waals surface area contributed by atoms with Gasteiger partial charge in [-0.3, -0.25) is 14.7 Å². The highest BCUT2D eigenvalue weighted by atomic mass is 32.2. The van der Waals surface area contributed by atoms with Crippen molar-refractivity contribution in [2.24, 2.45) is 0 Å². The third-order valence-electron chi connectivity index (χ3n) is 4.60. The van der Waals surface area contributed by atoms with Crippen molar-refractivity contribution in [3.8, 4) is 5.69 Å². The molecular formula is C22H22FN7OS2.